The van der Waals surface area contributed by atoms with E-state index in [0.717, 1.165) is 29.3 Å². The van der Waals surface area contributed by atoms with Crippen LogP contribution in [-0.2, 0) is 12.8 Å². The zero-order chi connectivity index (χ0) is 19.3. The number of aliphatic hydroxyl groups is 1. The summed E-state index contributed by atoms with van der Waals surface area (Å²) in [7, 11) is 1.97. The van der Waals surface area contributed by atoms with Crippen molar-refractivity contribution in [2.45, 2.75) is 46.0 Å². The number of fused-ring (bicyclic) bond motifs is 3. The van der Waals surface area contributed by atoms with E-state index in [1.165, 1.54) is 21.6 Å². The van der Waals surface area contributed by atoms with Crippen LogP contribution >= 0.6 is 11.3 Å². The summed E-state index contributed by atoms with van der Waals surface area (Å²) in [5.74, 6) is 1.75. The molecule has 2 aliphatic carbocycles. The van der Waals surface area contributed by atoms with Gasteiger partial charge in [-0.2, -0.15) is 0 Å². The predicted octanol–water partition coefficient (Wildman–Crippen LogP) is 4.60. The van der Waals surface area contributed by atoms with Crippen LogP contribution < -0.4 is 4.90 Å². The fraction of sp³-hybridized carbons (Fsp3) is 0.522. The molecule has 4 heteroatoms. The molecule has 0 saturated heterocycles. The molecule has 1 aromatic carbocycles. The van der Waals surface area contributed by atoms with Crippen molar-refractivity contribution in [2.75, 3.05) is 25.1 Å². The third kappa shape index (κ3) is 3.13. The lowest BCUT2D eigenvalue weighted by Gasteiger charge is -2.18. The molecular formula is C23H29NO2S. The Morgan fingerprint density at radius 1 is 1.30 bits per heavy atom. The summed E-state index contributed by atoms with van der Waals surface area (Å²) in [5.41, 5.74) is 5.60. The molecule has 0 amide bonds. The van der Waals surface area contributed by atoms with Gasteiger partial charge in [-0.3, -0.25) is 4.79 Å². The Labute approximate surface area is 166 Å². The van der Waals surface area contributed by atoms with Gasteiger partial charge in [0, 0.05) is 30.6 Å². The Kier molecular flexibility index (Phi) is 4.68. The van der Waals surface area contributed by atoms with Crippen LogP contribution in [0.5, 0.6) is 0 Å². The normalized spacial score (nSPS) is 21.7. The maximum atomic E-state index is 12.9. The molecule has 2 atom stereocenters. The topological polar surface area (TPSA) is 40.5 Å². The van der Waals surface area contributed by atoms with E-state index >= 15 is 0 Å². The average molecular weight is 384 g/mol. The second kappa shape index (κ2) is 6.75. The van der Waals surface area contributed by atoms with Gasteiger partial charge in [0.05, 0.1) is 11.5 Å². The zero-order valence-corrected chi connectivity index (χ0v) is 17.5. The van der Waals surface area contributed by atoms with Crippen molar-refractivity contribution in [1.82, 2.24) is 0 Å². The van der Waals surface area contributed by atoms with Crippen molar-refractivity contribution in [3.63, 3.8) is 0 Å². The van der Waals surface area contributed by atoms with Gasteiger partial charge in [0.2, 0.25) is 0 Å². The van der Waals surface area contributed by atoms with Crippen LogP contribution in [0.2, 0.25) is 0 Å². The maximum absolute atomic E-state index is 12.9. The van der Waals surface area contributed by atoms with Gasteiger partial charge in [0.25, 0.3) is 0 Å². The van der Waals surface area contributed by atoms with E-state index in [2.05, 4.69) is 45.0 Å². The van der Waals surface area contributed by atoms with Crippen LogP contribution in [0.4, 0.5) is 5.69 Å². The Morgan fingerprint density at radius 3 is 2.67 bits per heavy atom. The first kappa shape index (κ1) is 18.7. The molecule has 2 aliphatic rings. The van der Waals surface area contributed by atoms with Crippen molar-refractivity contribution in [2.24, 2.45) is 11.3 Å². The van der Waals surface area contributed by atoms with Gasteiger partial charge in [0.1, 0.15) is 0 Å². The maximum Gasteiger partial charge on any atom is 0.173 e. The highest BCUT2D eigenvalue weighted by molar-refractivity contribution is 7.14. The third-order valence-electron chi connectivity index (χ3n) is 6.73. The number of hydrogen-bond donors (Lipinski definition) is 1. The molecule has 1 N–H and O–H groups in total. The van der Waals surface area contributed by atoms with Gasteiger partial charge in [-0.05, 0) is 65.8 Å². The number of Topliss-reactive ketones (excluding diaryl/α,β-unsaturated/α-hetero) is 1. The number of thiophene rings is 1. The van der Waals surface area contributed by atoms with Crippen LogP contribution in [0, 0.1) is 18.3 Å². The second-order valence-corrected chi connectivity index (χ2v) is 9.95. The number of ketones is 1. The van der Waals surface area contributed by atoms with Crippen LogP contribution in [-0.4, -0.2) is 31.1 Å². The van der Waals surface area contributed by atoms with Crippen molar-refractivity contribution < 1.29 is 9.90 Å². The number of aliphatic hydroxyl groups excluding tert-OH is 1. The highest BCUT2D eigenvalue weighted by Crippen LogP contribution is 2.71. The molecule has 2 aromatic rings. The second-order valence-electron chi connectivity index (χ2n) is 8.72. The SMILES string of the molecule is Cc1sc(C(=O)CCc2ccc(N(C)CCO)cc2)c2c1[C@H]1[C@@H](C2)C1(C)C. The third-order valence-corrected chi connectivity index (χ3v) is 7.93. The van der Waals surface area contributed by atoms with E-state index in [-0.39, 0.29) is 6.61 Å². The first-order valence-corrected chi connectivity index (χ1v) is 10.7. The van der Waals surface area contributed by atoms with Crippen molar-refractivity contribution in [3.05, 3.63) is 50.7 Å². The number of carbonyl (C=O) groups excluding carboxylic acids is 1. The molecule has 0 unspecified atom stereocenters. The van der Waals surface area contributed by atoms with E-state index in [1.807, 2.05) is 11.9 Å². The fourth-order valence-electron chi connectivity index (χ4n) is 4.92. The van der Waals surface area contributed by atoms with Crippen LogP contribution in [0.25, 0.3) is 0 Å². The Balaban J connectivity index is 1.41. The van der Waals surface area contributed by atoms with Gasteiger partial charge in [-0.1, -0.05) is 26.0 Å². The lowest BCUT2D eigenvalue weighted by molar-refractivity contribution is 0.0986. The summed E-state index contributed by atoms with van der Waals surface area (Å²) in [4.78, 5) is 17.3. The standard InChI is InChI=1S/C23H29NO2S/c1-14-20-17(13-18-21(20)23(18,2)3)22(27-14)19(26)10-7-15-5-8-16(9-6-15)24(4)11-12-25/h5-6,8-9,18,21,25H,7,10-13H2,1-4H3/t18-,21-/m1/s1. The Hall–Kier alpha value is -1.65. The highest BCUT2D eigenvalue weighted by Gasteiger charge is 2.63. The first-order chi connectivity index (χ1) is 12.8. The quantitative estimate of drug-likeness (QED) is 0.711. The summed E-state index contributed by atoms with van der Waals surface area (Å²) >= 11 is 1.72. The number of likely N-dealkylation sites (N-methyl/N-ethyl adjacent to an activating group) is 1. The van der Waals surface area contributed by atoms with Gasteiger partial charge in [-0.15, -0.1) is 11.3 Å². The molecule has 0 spiro atoms. The molecule has 1 aromatic heterocycles. The van der Waals surface area contributed by atoms with Crippen molar-refractivity contribution >= 4 is 22.8 Å². The van der Waals surface area contributed by atoms with Gasteiger partial charge in [0.15, 0.2) is 5.78 Å². The molecule has 27 heavy (non-hydrogen) atoms. The number of anilines is 1. The van der Waals surface area contributed by atoms with Crippen LogP contribution in [0.3, 0.4) is 0 Å². The lowest BCUT2D eigenvalue weighted by Crippen LogP contribution is -2.20. The first-order valence-electron chi connectivity index (χ1n) is 9.91. The molecule has 0 bridgehead atoms. The number of benzene rings is 1. The Morgan fingerprint density at radius 2 is 2.00 bits per heavy atom. The highest BCUT2D eigenvalue weighted by atomic mass is 32.1. The van der Waals surface area contributed by atoms with Gasteiger partial charge in [-0.25, -0.2) is 0 Å². The smallest absolute Gasteiger partial charge is 0.173 e. The van der Waals surface area contributed by atoms with E-state index in [9.17, 15) is 4.79 Å². The fourth-order valence-corrected chi connectivity index (χ4v) is 6.12. The van der Waals surface area contributed by atoms with E-state index in [1.54, 1.807) is 11.3 Å². The molecule has 3 nitrogen and oxygen atoms in total. The molecule has 1 heterocycles. The summed E-state index contributed by atoms with van der Waals surface area (Å²) in [5, 5.41) is 9.04. The number of aryl methyl sites for hydroxylation is 2. The number of rotatable bonds is 7. The minimum Gasteiger partial charge on any atom is -0.395 e. The summed E-state index contributed by atoms with van der Waals surface area (Å²) in [6, 6.07) is 8.33. The molecule has 1 fully saturated rings. The monoisotopic (exact) mass is 383 g/mol. The molecule has 1 saturated carbocycles. The van der Waals surface area contributed by atoms with E-state index < -0.39 is 0 Å². The molecule has 0 radical (unpaired) electrons. The van der Waals surface area contributed by atoms with Crippen LogP contribution in [0.1, 0.15) is 57.4 Å². The van der Waals surface area contributed by atoms with Crippen molar-refractivity contribution in [3.8, 4) is 0 Å². The molecule has 0 aliphatic heterocycles. The zero-order valence-electron chi connectivity index (χ0n) is 16.7. The predicted molar refractivity (Wildman–Crippen MR) is 112 cm³/mol. The largest absolute Gasteiger partial charge is 0.395 e. The number of nitrogens with zero attached hydrogens (tertiary/aromatic N) is 1. The molecule has 4 rings (SSSR count). The minimum atomic E-state index is 0.149. The summed E-state index contributed by atoms with van der Waals surface area (Å²) < 4.78 is 0. The van der Waals surface area contributed by atoms with E-state index in [0.29, 0.717) is 30.1 Å². The van der Waals surface area contributed by atoms with Crippen LogP contribution in [0.15, 0.2) is 24.3 Å². The average Bonchev–Trinajstić information content (AvgIpc) is 2.97. The number of carbonyl (C=O) groups is 1. The molecule has 144 valence electrons. The van der Waals surface area contributed by atoms with Crippen molar-refractivity contribution in [1.29, 1.82) is 0 Å². The summed E-state index contributed by atoms with van der Waals surface area (Å²) in [6.45, 7) is 7.70. The van der Waals surface area contributed by atoms with E-state index in [4.69, 9.17) is 5.11 Å². The lowest BCUT2D eigenvalue weighted by atomic mass is 9.94. The number of hydrogen-bond acceptors (Lipinski definition) is 4. The molecular weight excluding hydrogens is 354 g/mol. The Bertz CT molecular complexity index is 865. The van der Waals surface area contributed by atoms with Gasteiger partial charge >= 0.3 is 0 Å². The van der Waals surface area contributed by atoms with Gasteiger partial charge < -0.3 is 10.0 Å². The summed E-state index contributed by atoms with van der Waals surface area (Å²) in [6.07, 6.45) is 2.47. The minimum absolute atomic E-state index is 0.149.